The van der Waals surface area contributed by atoms with E-state index in [4.69, 9.17) is 32.8 Å². The van der Waals surface area contributed by atoms with Crippen molar-refractivity contribution in [3.05, 3.63) is 66.4 Å². The lowest BCUT2D eigenvalue weighted by atomic mass is 10.0. The molecule has 0 saturated carbocycles. The first-order valence-corrected chi connectivity index (χ1v) is 14.3. The van der Waals surface area contributed by atoms with Gasteiger partial charge in [-0.05, 0) is 61.4 Å². The minimum Gasteiger partial charge on any atom is -0.494 e. The summed E-state index contributed by atoms with van der Waals surface area (Å²) in [7, 11) is -4.94. The summed E-state index contributed by atoms with van der Waals surface area (Å²) < 4.78 is 53.2. The summed E-state index contributed by atoms with van der Waals surface area (Å²) in [6.07, 6.45) is 1.11. The summed E-state index contributed by atoms with van der Waals surface area (Å²) in [5, 5.41) is 0. The Morgan fingerprint density at radius 2 is 1.31 bits per heavy atom. The van der Waals surface area contributed by atoms with Crippen LogP contribution in [0.15, 0.2) is 60.7 Å². The van der Waals surface area contributed by atoms with Crippen molar-refractivity contribution >= 4 is 0 Å². The maximum Gasteiger partial charge on any atom is 0.213 e. The van der Waals surface area contributed by atoms with Crippen molar-refractivity contribution in [1.82, 2.24) is 4.90 Å². The molecule has 0 bridgehead atoms. The molecule has 2 aromatic carbocycles. The highest BCUT2D eigenvalue weighted by atomic mass is 35.7. The van der Waals surface area contributed by atoms with Crippen LogP contribution in [-0.2, 0) is 11.3 Å². The van der Waals surface area contributed by atoms with E-state index in [2.05, 4.69) is 64.9 Å². The van der Waals surface area contributed by atoms with Gasteiger partial charge in [0.15, 0.2) is 12.2 Å². The number of aryl methyl sites for hydroxylation is 1. The highest BCUT2D eigenvalue weighted by Crippen LogP contribution is 2.28. The molecule has 1 aliphatic rings. The van der Waals surface area contributed by atoms with E-state index < -0.39 is 10.2 Å². The Bertz CT molecular complexity index is 1140. The predicted octanol–water partition coefficient (Wildman–Crippen LogP) is 0.380. The number of pyridine rings is 1. The summed E-state index contributed by atoms with van der Waals surface area (Å²) in [5.74, 6) is 1.81. The molecule has 2 heterocycles. The van der Waals surface area contributed by atoms with Crippen LogP contribution in [-0.4, -0.2) is 51.0 Å². The topological polar surface area (TPSA) is 127 Å². The van der Waals surface area contributed by atoms with Crippen molar-refractivity contribution in [2.45, 2.75) is 33.7 Å². The Morgan fingerprint density at radius 3 is 1.82 bits per heavy atom. The summed E-state index contributed by atoms with van der Waals surface area (Å²) in [6.45, 7) is 13.4. The summed E-state index contributed by atoms with van der Waals surface area (Å²) in [5.41, 5.74) is 6.10. The molecule has 10 heteroatoms. The standard InChI is InChI=1S/C29H37N2O3.ClHO4/c1-4-33-27-11-7-24(8-12-27)26-21-23(3)31(16-6-15-30-17-19-32-20-18-30)29(22-26)25-9-13-28(14-10-25)34-5-2;2-1(3,4)5/h7-14,21-22H,4-6,15-20H2,1-3H3;(H,2,3,4,5)/q+1;/p-1. The first-order valence-electron chi connectivity index (χ1n) is 13.1. The molecular formula is C29H37ClN2O7. The first kappa shape index (κ1) is 30.8. The van der Waals surface area contributed by atoms with Crippen LogP contribution < -0.4 is 32.7 Å². The van der Waals surface area contributed by atoms with Gasteiger partial charge in [0, 0.05) is 50.7 Å². The molecule has 1 saturated heterocycles. The van der Waals surface area contributed by atoms with E-state index in [1.165, 1.54) is 28.1 Å². The molecular weight excluding hydrogens is 524 g/mol. The quantitative estimate of drug-likeness (QED) is 0.326. The highest BCUT2D eigenvalue weighted by Gasteiger charge is 2.20. The second-order valence-corrected chi connectivity index (χ2v) is 9.78. The van der Waals surface area contributed by atoms with Crippen molar-refractivity contribution < 1.29 is 47.7 Å². The molecule has 3 aromatic rings. The average molecular weight is 561 g/mol. The van der Waals surface area contributed by atoms with Gasteiger partial charge in [0.1, 0.15) is 11.5 Å². The number of ether oxygens (including phenoxy) is 3. The van der Waals surface area contributed by atoms with Gasteiger partial charge >= 0.3 is 0 Å². The number of morpholine rings is 1. The molecule has 0 atom stereocenters. The number of nitrogens with zero attached hydrogens (tertiary/aromatic N) is 2. The zero-order chi connectivity index (χ0) is 28.3. The maximum absolute atomic E-state index is 8.49. The average Bonchev–Trinajstić information content (AvgIpc) is 2.90. The van der Waals surface area contributed by atoms with Crippen LogP contribution in [0.25, 0.3) is 22.4 Å². The molecule has 1 fully saturated rings. The maximum atomic E-state index is 8.49. The molecule has 0 amide bonds. The Hall–Kier alpha value is -2.76. The van der Waals surface area contributed by atoms with E-state index in [0.717, 1.165) is 57.3 Å². The van der Waals surface area contributed by atoms with Gasteiger partial charge in [-0.1, -0.05) is 12.1 Å². The second kappa shape index (κ2) is 15.1. The third kappa shape index (κ3) is 10.4. The number of aromatic nitrogens is 1. The molecule has 9 nitrogen and oxygen atoms in total. The number of hydrogen-bond donors (Lipinski definition) is 0. The molecule has 1 aliphatic heterocycles. The summed E-state index contributed by atoms with van der Waals surface area (Å²) >= 11 is 0. The second-order valence-electron chi connectivity index (χ2n) is 9.02. The number of hydrogen-bond acceptors (Lipinski definition) is 8. The number of rotatable bonds is 10. The predicted molar refractivity (Wildman–Crippen MR) is 136 cm³/mol. The van der Waals surface area contributed by atoms with E-state index in [-0.39, 0.29) is 0 Å². The van der Waals surface area contributed by atoms with E-state index >= 15 is 0 Å². The molecule has 4 rings (SSSR count). The van der Waals surface area contributed by atoms with Gasteiger partial charge < -0.3 is 14.2 Å². The van der Waals surface area contributed by atoms with Crippen molar-refractivity contribution in [2.75, 3.05) is 46.1 Å². The number of halogens is 1. The Labute approximate surface area is 232 Å². The molecule has 0 spiro atoms. The molecule has 212 valence electrons. The van der Waals surface area contributed by atoms with Gasteiger partial charge in [-0.3, -0.25) is 4.90 Å². The zero-order valence-corrected chi connectivity index (χ0v) is 23.5. The lowest BCUT2D eigenvalue weighted by Crippen LogP contribution is -2.68. The van der Waals surface area contributed by atoms with Gasteiger partial charge in [0.05, 0.1) is 26.4 Å². The lowest BCUT2D eigenvalue weighted by Gasteiger charge is -2.26. The van der Waals surface area contributed by atoms with Crippen LogP contribution in [0.5, 0.6) is 11.5 Å². The smallest absolute Gasteiger partial charge is 0.213 e. The van der Waals surface area contributed by atoms with Crippen LogP contribution >= 0.6 is 0 Å². The molecule has 1 aromatic heterocycles. The fraction of sp³-hybridized carbons (Fsp3) is 0.414. The van der Waals surface area contributed by atoms with Crippen LogP contribution in [0, 0.1) is 17.2 Å². The van der Waals surface area contributed by atoms with Crippen LogP contribution in [0.1, 0.15) is 26.0 Å². The van der Waals surface area contributed by atoms with E-state index in [1.54, 1.807) is 0 Å². The van der Waals surface area contributed by atoms with E-state index in [0.29, 0.717) is 13.2 Å². The van der Waals surface area contributed by atoms with Crippen LogP contribution in [0.3, 0.4) is 0 Å². The largest absolute Gasteiger partial charge is 0.494 e. The number of benzene rings is 2. The van der Waals surface area contributed by atoms with E-state index in [9.17, 15) is 0 Å². The molecule has 0 radical (unpaired) electrons. The fourth-order valence-corrected chi connectivity index (χ4v) is 4.54. The molecule has 0 N–H and O–H groups in total. The summed E-state index contributed by atoms with van der Waals surface area (Å²) in [6, 6.07) is 21.5. The normalized spacial score (nSPS) is 13.9. The van der Waals surface area contributed by atoms with Crippen molar-refractivity contribution in [3.63, 3.8) is 0 Å². The monoisotopic (exact) mass is 560 g/mol. The van der Waals surface area contributed by atoms with Gasteiger partial charge in [-0.25, -0.2) is 18.6 Å². The van der Waals surface area contributed by atoms with E-state index in [1.807, 2.05) is 26.0 Å². The first-order chi connectivity index (χ1) is 18.7. The minimum atomic E-state index is -4.94. The fourth-order valence-electron chi connectivity index (χ4n) is 4.54. The Balaban J connectivity index is 0.000000771. The van der Waals surface area contributed by atoms with Crippen molar-refractivity contribution in [2.24, 2.45) is 0 Å². The molecule has 39 heavy (non-hydrogen) atoms. The third-order valence-corrected chi connectivity index (χ3v) is 6.29. The minimum absolute atomic E-state index is 0.674. The van der Waals surface area contributed by atoms with Crippen molar-refractivity contribution in [1.29, 1.82) is 0 Å². The lowest BCUT2D eigenvalue weighted by molar-refractivity contribution is -2.00. The van der Waals surface area contributed by atoms with Crippen molar-refractivity contribution in [3.8, 4) is 33.9 Å². The van der Waals surface area contributed by atoms with Crippen LogP contribution in [0.4, 0.5) is 0 Å². The van der Waals surface area contributed by atoms with Gasteiger partial charge in [0.25, 0.3) is 0 Å². The van der Waals surface area contributed by atoms with Gasteiger partial charge in [-0.15, -0.1) is 10.2 Å². The third-order valence-electron chi connectivity index (χ3n) is 6.29. The summed E-state index contributed by atoms with van der Waals surface area (Å²) in [4.78, 5) is 2.50. The van der Waals surface area contributed by atoms with Gasteiger partial charge in [0.2, 0.25) is 5.69 Å². The molecule has 0 aliphatic carbocycles. The Morgan fingerprint density at radius 1 is 0.795 bits per heavy atom. The zero-order valence-electron chi connectivity index (χ0n) is 22.8. The SMILES string of the molecule is CCOc1ccc(-c2cc(C)[n+](CCCN3CCOCC3)c(-c3ccc(OCC)cc3)c2)cc1.[O-][Cl+3]([O-])([O-])[O-]. The Kier molecular flexibility index (Phi) is 11.9. The van der Waals surface area contributed by atoms with Gasteiger partial charge in [-0.2, -0.15) is 4.57 Å². The van der Waals surface area contributed by atoms with Crippen LogP contribution in [0.2, 0.25) is 0 Å². The highest BCUT2D eigenvalue weighted by molar-refractivity contribution is 5.70. The molecule has 0 unspecified atom stereocenters.